The molecule has 0 radical (unpaired) electrons. The predicted molar refractivity (Wildman–Crippen MR) is 118 cm³/mol. The van der Waals surface area contributed by atoms with Crippen molar-refractivity contribution < 1.29 is 9.53 Å². The number of carbonyl (C=O) groups is 1. The Morgan fingerprint density at radius 2 is 1.59 bits per heavy atom. The normalized spacial score (nSPS) is 16.0. The molecular weight excluding hydrogens is 384 g/mol. The Balaban J connectivity index is 1.48. The first kappa shape index (κ1) is 19.7. The fourth-order valence-electron chi connectivity index (χ4n) is 4.12. The fourth-order valence-corrected chi connectivity index (χ4v) is 4.25. The number of amides is 1. The predicted octanol–water partition coefficient (Wildman–Crippen LogP) is 5.02. The third-order valence-electron chi connectivity index (χ3n) is 5.83. The topological polar surface area (TPSA) is 32.8 Å². The molecule has 1 heterocycles. The van der Waals surface area contributed by atoms with Gasteiger partial charge in [-0.05, 0) is 48.2 Å². The van der Waals surface area contributed by atoms with E-state index in [2.05, 4.69) is 42.2 Å². The van der Waals surface area contributed by atoms with Crippen LogP contribution >= 0.6 is 11.6 Å². The highest BCUT2D eigenvalue weighted by Crippen LogP contribution is 2.34. The van der Waals surface area contributed by atoms with E-state index < -0.39 is 0 Å². The number of benzene rings is 3. The van der Waals surface area contributed by atoms with Gasteiger partial charge in [-0.1, -0.05) is 41.9 Å². The van der Waals surface area contributed by atoms with Crippen LogP contribution in [0.15, 0.2) is 60.7 Å². The smallest absolute Gasteiger partial charge is 0.253 e. The molecule has 1 aliphatic rings. The molecule has 3 aromatic rings. The van der Waals surface area contributed by atoms with Gasteiger partial charge in [0.1, 0.15) is 5.75 Å². The Morgan fingerprint density at radius 3 is 2.24 bits per heavy atom. The van der Waals surface area contributed by atoms with Gasteiger partial charge in [0.2, 0.25) is 0 Å². The Hall–Kier alpha value is -2.56. The van der Waals surface area contributed by atoms with Gasteiger partial charge in [-0.2, -0.15) is 0 Å². The molecule has 0 N–H and O–H groups in total. The molecule has 0 aliphatic carbocycles. The van der Waals surface area contributed by atoms with Crippen LogP contribution in [0.1, 0.15) is 28.9 Å². The molecule has 1 aliphatic heterocycles. The lowest BCUT2D eigenvalue weighted by atomic mass is 9.97. The second-order valence-corrected chi connectivity index (χ2v) is 7.85. The first-order chi connectivity index (χ1) is 14.1. The maximum absolute atomic E-state index is 12.8. The largest absolute Gasteiger partial charge is 0.496 e. The molecule has 4 nitrogen and oxygen atoms in total. The number of carbonyl (C=O) groups excluding carboxylic acids is 1. The number of nitrogens with zero attached hydrogens (tertiary/aromatic N) is 2. The Bertz CT molecular complexity index is 1010. The summed E-state index contributed by atoms with van der Waals surface area (Å²) < 4.78 is 5.53. The summed E-state index contributed by atoms with van der Waals surface area (Å²) in [5.74, 6) is 0.971. The number of methoxy groups -OCH3 is 1. The Labute approximate surface area is 176 Å². The molecule has 1 fully saturated rings. The van der Waals surface area contributed by atoms with Crippen molar-refractivity contribution in [3.63, 3.8) is 0 Å². The van der Waals surface area contributed by atoms with Crippen LogP contribution < -0.4 is 4.74 Å². The number of rotatable bonds is 4. The molecular formula is C24H25ClN2O2. The van der Waals surface area contributed by atoms with Crippen LogP contribution in [-0.2, 0) is 0 Å². The second kappa shape index (κ2) is 8.44. The number of halogens is 1. The monoisotopic (exact) mass is 408 g/mol. The summed E-state index contributed by atoms with van der Waals surface area (Å²) >= 11 is 5.94. The quantitative estimate of drug-likeness (QED) is 0.607. The summed E-state index contributed by atoms with van der Waals surface area (Å²) in [6, 6.07) is 20.0. The first-order valence-electron chi connectivity index (χ1n) is 9.93. The third-order valence-corrected chi connectivity index (χ3v) is 6.08. The summed E-state index contributed by atoms with van der Waals surface area (Å²) in [6.07, 6.45) is 0. The third kappa shape index (κ3) is 3.96. The molecule has 5 heteroatoms. The van der Waals surface area contributed by atoms with Crippen molar-refractivity contribution in [3.8, 4) is 5.75 Å². The van der Waals surface area contributed by atoms with E-state index in [9.17, 15) is 4.79 Å². The molecule has 0 aromatic heterocycles. The van der Waals surface area contributed by atoms with Crippen molar-refractivity contribution >= 4 is 28.3 Å². The number of ether oxygens (including phenoxy) is 1. The highest BCUT2D eigenvalue weighted by molar-refractivity contribution is 6.30. The van der Waals surface area contributed by atoms with Gasteiger partial charge in [-0.25, -0.2) is 0 Å². The summed E-state index contributed by atoms with van der Waals surface area (Å²) in [5.41, 5.74) is 1.98. The van der Waals surface area contributed by atoms with E-state index in [1.54, 1.807) is 31.4 Å². The van der Waals surface area contributed by atoms with E-state index >= 15 is 0 Å². The van der Waals surface area contributed by atoms with Crippen LogP contribution in [0.5, 0.6) is 5.75 Å². The molecule has 0 spiro atoms. The number of piperazine rings is 1. The van der Waals surface area contributed by atoms with Gasteiger partial charge in [-0.15, -0.1) is 0 Å². The Morgan fingerprint density at radius 1 is 0.931 bits per heavy atom. The molecule has 4 rings (SSSR count). The molecule has 1 saturated heterocycles. The van der Waals surface area contributed by atoms with Crippen LogP contribution in [0.2, 0.25) is 5.02 Å². The van der Waals surface area contributed by atoms with Gasteiger partial charge >= 0.3 is 0 Å². The average molecular weight is 409 g/mol. The molecule has 0 saturated carbocycles. The van der Waals surface area contributed by atoms with Crippen LogP contribution in [-0.4, -0.2) is 49.0 Å². The zero-order valence-corrected chi connectivity index (χ0v) is 17.5. The van der Waals surface area contributed by atoms with Crippen LogP contribution in [0.3, 0.4) is 0 Å². The minimum atomic E-state index is 0.0730. The number of hydrogen-bond acceptors (Lipinski definition) is 3. The van der Waals surface area contributed by atoms with Crippen molar-refractivity contribution in [1.29, 1.82) is 0 Å². The lowest BCUT2D eigenvalue weighted by Gasteiger charge is -2.38. The van der Waals surface area contributed by atoms with Gasteiger partial charge < -0.3 is 9.64 Å². The first-order valence-corrected chi connectivity index (χ1v) is 10.3. The zero-order chi connectivity index (χ0) is 20.4. The van der Waals surface area contributed by atoms with Gasteiger partial charge in [0.15, 0.2) is 0 Å². The van der Waals surface area contributed by atoms with E-state index in [0.717, 1.165) is 37.3 Å². The van der Waals surface area contributed by atoms with Crippen molar-refractivity contribution in [2.45, 2.75) is 13.0 Å². The van der Waals surface area contributed by atoms with Crippen LogP contribution in [0.25, 0.3) is 10.8 Å². The summed E-state index contributed by atoms with van der Waals surface area (Å²) in [4.78, 5) is 17.1. The van der Waals surface area contributed by atoms with Crippen molar-refractivity contribution in [1.82, 2.24) is 9.80 Å². The lowest BCUT2D eigenvalue weighted by Crippen LogP contribution is -2.49. The standard InChI is InChI=1S/C24H25ClN2O2/c1-17(20-11-12-23(29-2)22-6-4-3-5-21(20)22)26-13-15-27(16-14-26)24(28)18-7-9-19(25)10-8-18/h3-12,17H,13-16H2,1-2H3. The molecule has 3 aromatic carbocycles. The summed E-state index contributed by atoms with van der Waals surface area (Å²) in [6.45, 7) is 5.38. The second-order valence-electron chi connectivity index (χ2n) is 7.41. The zero-order valence-electron chi connectivity index (χ0n) is 16.8. The molecule has 29 heavy (non-hydrogen) atoms. The van der Waals surface area contributed by atoms with Crippen molar-refractivity contribution in [3.05, 3.63) is 76.8 Å². The minimum absolute atomic E-state index is 0.0730. The Kier molecular flexibility index (Phi) is 5.74. The highest BCUT2D eigenvalue weighted by atomic mass is 35.5. The number of hydrogen-bond donors (Lipinski definition) is 0. The van der Waals surface area contributed by atoms with E-state index in [1.165, 1.54) is 10.9 Å². The molecule has 1 atom stereocenters. The average Bonchev–Trinajstić information content (AvgIpc) is 2.78. The maximum atomic E-state index is 12.8. The highest BCUT2D eigenvalue weighted by Gasteiger charge is 2.26. The molecule has 0 bridgehead atoms. The molecule has 150 valence electrons. The SMILES string of the molecule is COc1ccc(C(C)N2CCN(C(=O)c3ccc(Cl)cc3)CC2)c2ccccc12. The molecule has 1 unspecified atom stereocenters. The van der Waals surface area contributed by atoms with Gasteiger partial charge in [0.05, 0.1) is 7.11 Å². The van der Waals surface area contributed by atoms with Gasteiger partial charge in [-0.3, -0.25) is 9.69 Å². The van der Waals surface area contributed by atoms with Gasteiger partial charge in [0, 0.05) is 48.2 Å². The van der Waals surface area contributed by atoms with E-state index in [-0.39, 0.29) is 11.9 Å². The lowest BCUT2D eigenvalue weighted by molar-refractivity contribution is 0.0583. The van der Waals surface area contributed by atoms with Crippen molar-refractivity contribution in [2.24, 2.45) is 0 Å². The van der Waals surface area contributed by atoms with E-state index in [4.69, 9.17) is 16.3 Å². The van der Waals surface area contributed by atoms with Gasteiger partial charge in [0.25, 0.3) is 5.91 Å². The maximum Gasteiger partial charge on any atom is 0.253 e. The van der Waals surface area contributed by atoms with Crippen LogP contribution in [0, 0.1) is 0 Å². The summed E-state index contributed by atoms with van der Waals surface area (Å²) in [5, 5.41) is 3.00. The van der Waals surface area contributed by atoms with Crippen molar-refractivity contribution in [2.75, 3.05) is 33.3 Å². The van der Waals surface area contributed by atoms with Crippen LogP contribution in [0.4, 0.5) is 0 Å². The summed E-state index contributed by atoms with van der Waals surface area (Å²) in [7, 11) is 1.71. The van der Waals surface area contributed by atoms with E-state index in [0.29, 0.717) is 10.6 Å². The molecule has 1 amide bonds. The fraction of sp³-hybridized carbons (Fsp3) is 0.292. The number of fused-ring (bicyclic) bond motifs is 1. The minimum Gasteiger partial charge on any atom is -0.496 e. The van der Waals surface area contributed by atoms with E-state index in [1.807, 2.05) is 11.0 Å².